The van der Waals surface area contributed by atoms with Crippen LogP contribution in [0.4, 0.5) is 0 Å². The molecule has 0 spiro atoms. The summed E-state index contributed by atoms with van der Waals surface area (Å²) < 4.78 is 0. The number of aromatic nitrogens is 1. The van der Waals surface area contributed by atoms with Gasteiger partial charge in [-0.2, -0.15) is 0 Å². The summed E-state index contributed by atoms with van der Waals surface area (Å²) in [6.07, 6.45) is 9.85. The molecule has 0 saturated carbocycles. The van der Waals surface area contributed by atoms with Crippen LogP contribution in [0.1, 0.15) is 44.6 Å². The second-order valence-electron chi connectivity index (χ2n) is 6.39. The van der Waals surface area contributed by atoms with Crippen molar-refractivity contribution < 1.29 is 4.79 Å². The molecule has 1 amide bonds. The van der Waals surface area contributed by atoms with Gasteiger partial charge in [0.25, 0.3) is 0 Å². The Morgan fingerprint density at radius 1 is 1.38 bits per heavy atom. The molecular weight excluding hydrogens is 262 g/mol. The first-order valence-corrected chi connectivity index (χ1v) is 8.20. The Labute approximate surface area is 126 Å². The zero-order valence-electron chi connectivity index (χ0n) is 12.8. The highest BCUT2D eigenvalue weighted by molar-refractivity contribution is 5.79. The Morgan fingerprint density at radius 2 is 2.14 bits per heavy atom. The Kier molecular flexibility index (Phi) is 4.54. The number of amides is 1. The van der Waals surface area contributed by atoms with Gasteiger partial charge in [0.1, 0.15) is 0 Å². The molecule has 0 radical (unpaired) electrons. The summed E-state index contributed by atoms with van der Waals surface area (Å²) in [6, 6.07) is 5.56. The second-order valence-corrected chi connectivity index (χ2v) is 6.39. The Hall–Kier alpha value is -1.42. The first kappa shape index (κ1) is 14.5. The highest BCUT2D eigenvalue weighted by Gasteiger charge is 2.37. The molecular formula is C17H25N3O. The van der Waals surface area contributed by atoms with Crippen LogP contribution in [0.5, 0.6) is 0 Å². The van der Waals surface area contributed by atoms with Crippen molar-refractivity contribution in [3.63, 3.8) is 0 Å². The maximum Gasteiger partial charge on any atom is 0.227 e. The number of hydrogen-bond acceptors (Lipinski definition) is 3. The highest BCUT2D eigenvalue weighted by Crippen LogP contribution is 2.30. The lowest BCUT2D eigenvalue weighted by Crippen LogP contribution is -2.50. The second kappa shape index (κ2) is 6.56. The molecule has 4 nitrogen and oxygen atoms in total. The number of nitrogens with one attached hydrogen (secondary N) is 1. The van der Waals surface area contributed by atoms with Crippen LogP contribution in [-0.2, 0) is 11.2 Å². The summed E-state index contributed by atoms with van der Waals surface area (Å²) in [5.74, 6) is 0.260. The van der Waals surface area contributed by atoms with E-state index >= 15 is 0 Å². The van der Waals surface area contributed by atoms with E-state index in [0.29, 0.717) is 24.5 Å². The average Bonchev–Trinajstić information content (AvgIpc) is 2.84. The van der Waals surface area contributed by atoms with Gasteiger partial charge in [-0.05, 0) is 43.7 Å². The fourth-order valence-electron chi connectivity index (χ4n) is 3.81. The maximum atomic E-state index is 12.7. The number of carbonyl (C=O) groups is 1. The zero-order chi connectivity index (χ0) is 14.7. The first-order valence-electron chi connectivity index (χ1n) is 8.20. The van der Waals surface area contributed by atoms with Crippen molar-refractivity contribution in [2.24, 2.45) is 0 Å². The molecule has 2 aliphatic heterocycles. The van der Waals surface area contributed by atoms with Crippen LogP contribution < -0.4 is 5.32 Å². The van der Waals surface area contributed by atoms with Crippen molar-refractivity contribution in [1.29, 1.82) is 0 Å². The number of piperidine rings is 1. The van der Waals surface area contributed by atoms with Crippen molar-refractivity contribution in [3.05, 3.63) is 30.1 Å². The lowest BCUT2D eigenvalue weighted by atomic mass is 9.97. The predicted octanol–water partition coefficient (Wildman–Crippen LogP) is 2.15. The minimum Gasteiger partial charge on any atom is -0.339 e. The van der Waals surface area contributed by atoms with Gasteiger partial charge in [-0.15, -0.1) is 0 Å². The SMILES string of the molecule is CCCN(C(=O)Cc1cccnc1)C1CC2CCC(C1)N2. The summed E-state index contributed by atoms with van der Waals surface area (Å²) in [5.41, 5.74) is 1.01. The number of nitrogens with zero attached hydrogens (tertiary/aromatic N) is 2. The Bertz CT molecular complexity index is 464. The minimum atomic E-state index is 0.260. The molecule has 0 aliphatic carbocycles. The van der Waals surface area contributed by atoms with E-state index in [2.05, 4.69) is 22.1 Å². The van der Waals surface area contributed by atoms with Crippen LogP contribution in [0.15, 0.2) is 24.5 Å². The summed E-state index contributed by atoms with van der Waals surface area (Å²) >= 11 is 0. The molecule has 3 heterocycles. The molecule has 4 heteroatoms. The van der Waals surface area contributed by atoms with Gasteiger partial charge in [0.05, 0.1) is 6.42 Å². The van der Waals surface area contributed by atoms with Crippen molar-refractivity contribution >= 4 is 5.91 Å². The van der Waals surface area contributed by atoms with E-state index in [-0.39, 0.29) is 5.91 Å². The third-order valence-electron chi connectivity index (χ3n) is 4.75. The van der Waals surface area contributed by atoms with E-state index in [4.69, 9.17) is 0 Å². The molecule has 2 unspecified atom stereocenters. The zero-order valence-corrected chi connectivity index (χ0v) is 12.8. The van der Waals surface area contributed by atoms with E-state index < -0.39 is 0 Å². The minimum absolute atomic E-state index is 0.260. The summed E-state index contributed by atoms with van der Waals surface area (Å²) in [4.78, 5) is 19.0. The summed E-state index contributed by atoms with van der Waals surface area (Å²) in [6.45, 7) is 3.03. The van der Waals surface area contributed by atoms with Gasteiger partial charge in [0.2, 0.25) is 5.91 Å². The van der Waals surface area contributed by atoms with Crippen molar-refractivity contribution in [1.82, 2.24) is 15.2 Å². The molecule has 114 valence electrons. The van der Waals surface area contributed by atoms with Crippen LogP contribution in [0, 0.1) is 0 Å². The first-order chi connectivity index (χ1) is 10.3. The Balaban J connectivity index is 1.67. The largest absolute Gasteiger partial charge is 0.339 e. The van der Waals surface area contributed by atoms with E-state index in [9.17, 15) is 4.79 Å². The number of hydrogen-bond donors (Lipinski definition) is 1. The molecule has 0 aromatic carbocycles. The monoisotopic (exact) mass is 287 g/mol. The average molecular weight is 287 g/mol. The smallest absolute Gasteiger partial charge is 0.227 e. The number of rotatable bonds is 5. The quantitative estimate of drug-likeness (QED) is 0.902. The number of carbonyl (C=O) groups excluding carboxylic acids is 1. The van der Waals surface area contributed by atoms with E-state index in [1.807, 2.05) is 12.1 Å². The van der Waals surface area contributed by atoms with Gasteiger partial charge in [0, 0.05) is 37.1 Å². The standard InChI is InChI=1S/C17H25N3O/c1-2-8-20(16-10-14-5-6-15(11-16)19-14)17(21)9-13-4-3-7-18-12-13/h3-4,7,12,14-16,19H,2,5-6,8-11H2,1H3. The van der Waals surface area contributed by atoms with Gasteiger partial charge >= 0.3 is 0 Å². The molecule has 2 fully saturated rings. The van der Waals surface area contributed by atoms with Gasteiger partial charge in [0.15, 0.2) is 0 Å². The number of pyridine rings is 1. The van der Waals surface area contributed by atoms with Crippen LogP contribution in [0.3, 0.4) is 0 Å². The molecule has 1 aromatic rings. The topological polar surface area (TPSA) is 45.2 Å². The third-order valence-corrected chi connectivity index (χ3v) is 4.75. The molecule has 1 aromatic heterocycles. The predicted molar refractivity (Wildman–Crippen MR) is 82.9 cm³/mol. The lowest BCUT2D eigenvalue weighted by molar-refractivity contribution is -0.133. The van der Waals surface area contributed by atoms with E-state index in [1.165, 1.54) is 12.8 Å². The van der Waals surface area contributed by atoms with Crippen LogP contribution in [-0.4, -0.2) is 40.5 Å². The normalized spacial score (nSPS) is 27.6. The van der Waals surface area contributed by atoms with Crippen molar-refractivity contribution in [3.8, 4) is 0 Å². The van der Waals surface area contributed by atoms with E-state index in [1.54, 1.807) is 12.4 Å². The van der Waals surface area contributed by atoms with Gasteiger partial charge < -0.3 is 10.2 Å². The van der Waals surface area contributed by atoms with E-state index in [0.717, 1.165) is 31.4 Å². The number of fused-ring (bicyclic) bond motifs is 2. The summed E-state index contributed by atoms with van der Waals surface area (Å²) in [5, 5.41) is 3.66. The van der Waals surface area contributed by atoms with Gasteiger partial charge in [-0.1, -0.05) is 13.0 Å². The van der Waals surface area contributed by atoms with Crippen LogP contribution >= 0.6 is 0 Å². The molecule has 2 aliphatic rings. The fraction of sp³-hybridized carbons (Fsp3) is 0.647. The maximum absolute atomic E-state index is 12.7. The van der Waals surface area contributed by atoms with Gasteiger partial charge in [-0.3, -0.25) is 9.78 Å². The van der Waals surface area contributed by atoms with Crippen molar-refractivity contribution in [2.45, 2.75) is 63.6 Å². The lowest BCUT2D eigenvalue weighted by Gasteiger charge is -2.38. The Morgan fingerprint density at radius 3 is 2.76 bits per heavy atom. The molecule has 21 heavy (non-hydrogen) atoms. The highest BCUT2D eigenvalue weighted by atomic mass is 16.2. The fourth-order valence-corrected chi connectivity index (χ4v) is 3.81. The molecule has 2 atom stereocenters. The summed E-state index contributed by atoms with van der Waals surface area (Å²) in [7, 11) is 0. The van der Waals surface area contributed by atoms with Crippen molar-refractivity contribution in [2.75, 3.05) is 6.54 Å². The molecule has 1 N–H and O–H groups in total. The van der Waals surface area contributed by atoms with Crippen LogP contribution in [0.2, 0.25) is 0 Å². The molecule has 2 saturated heterocycles. The molecule has 3 rings (SSSR count). The molecule has 2 bridgehead atoms. The third kappa shape index (κ3) is 3.43. The van der Waals surface area contributed by atoms with Crippen LogP contribution in [0.25, 0.3) is 0 Å². The van der Waals surface area contributed by atoms with Gasteiger partial charge in [-0.25, -0.2) is 0 Å².